The lowest BCUT2D eigenvalue weighted by molar-refractivity contribution is -0.136. The SMILES string of the molecule is O=C(NN=Cc1cc(Br)ccc1OC(=O)c1ccccc1)C(=O)Nc1nnc(-c2ccccc2)s1. The molecule has 4 aromatic rings. The maximum Gasteiger partial charge on any atom is 0.343 e. The molecule has 0 saturated carbocycles. The van der Waals surface area contributed by atoms with E-state index < -0.39 is 17.8 Å². The number of hydrogen-bond acceptors (Lipinski definition) is 8. The number of aromatic nitrogens is 2. The number of anilines is 1. The van der Waals surface area contributed by atoms with Gasteiger partial charge in [-0.2, -0.15) is 5.10 Å². The fraction of sp³-hybridized carbons (Fsp3) is 0. The third-order valence-electron chi connectivity index (χ3n) is 4.43. The molecule has 174 valence electrons. The van der Waals surface area contributed by atoms with Crippen LogP contribution in [0.4, 0.5) is 5.13 Å². The summed E-state index contributed by atoms with van der Waals surface area (Å²) in [5.74, 6) is -2.27. The first-order valence-electron chi connectivity index (χ1n) is 10.1. The second kappa shape index (κ2) is 11.3. The Morgan fingerprint density at radius 2 is 1.63 bits per heavy atom. The largest absolute Gasteiger partial charge is 0.422 e. The van der Waals surface area contributed by atoms with Crippen molar-refractivity contribution >= 4 is 56.4 Å². The molecule has 1 aromatic heterocycles. The number of nitrogens with zero attached hydrogens (tertiary/aromatic N) is 3. The van der Waals surface area contributed by atoms with Gasteiger partial charge >= 0.3 is 17.8 Å². The molecule has 3 aromatic carbocycles. The lowest BCUT2D eigenvalue weighted by atomic mass is 10.2. The van der Waals surface area contributed by atoms with Gasteiger partial charge < -0.3 is 4.74 Å². The molecular formula is C24H16BrN5O4S. The minimum Gasteiger partial charge on any atom is -0.422 e. The van der Waals surface area contributed by atoms with Gasteiger partial charge in [-0.1, -0.05) is 75.8 Å². The number of hydrogen-bond donors (Lipinski definition) is 2. The van der Waals surface area contributed by atoms with E-state index in [1.807, 2.05) is 30.3 Å². The van der Waals surface area contributed by atoms with Crippen molar-refractivity contribution in [2.24, 2.45) is 5.10 Å². The molecule has 2 amide bonds. The number of halogens is 1. The van der Waals surface area contributed by atoms with Gasteiger partial charge in [0.25, 0.3) is 0 Å². The van der Waals surface area contributed by atoms with Crippen molar-refractivity contribution < 1.29 is 19.1 Å². The molecule has 0 saturated heterocycles. The predicted octanol–water partition coefficient (Wildman–Crippen LogP) is 4.28. The van der Waals surface area contributed by atoms with Crippen LogP contribution in [0.1, 0.15) is 15.9 Å². The highest BCUT2D eigenvalue weighted by atomic mass is 79.9. The third-order valence-corrected chi connectivity index (χ3v) is 5.81. The maximum atomic E-state index is 12.4. The Hall–Kier alpha value is -4.22. The normalized spacial score (nSPS) is 10.7. The molecular weight excluding hydrogens is 534 g/mol. The summed E-state index contributed by atoms with van der Waals surface area (Å²) in [5.41, 5.74) is 3.77. The quantitative estimate of drug-likeness (QED) is 0.122. The van der Waals surface area contributed by atoms with E-state index >= 15 is 0 Å². The van der Waals surface area contributed by atoms with Crippen molar-refractivity contribution in [2.45, 2.75) is 0 Å². The summed E-state index contributed by atoms with van der Waals surface area (Å²) in [6, 6.07) is 22.8. The number of amides is 2. The van der Waals surface area contributed by atoms with E-state index in [1.165, 1.54) is 6.21 Å². The number of esters is 1. The molecule has 9 nitrogen and oxygen atoms in total. The van der Waals surface area contributed by atoms with Crippen molar-refractivity contribution in [2.75, 3.05) is 5.32 Å². The lowest BCUT2D eigenvalue weighted by Crippen LogP contribution is -2.32. The van der Waals surface area contributed by atoms with Gasteiger partial charge in [-0.3, -0.25) is 14.9 Å². The van der Waals surface area contributed by atoms with Crippen LogP contribution in [0, 0.1) is 0 Å². The summed E-state index contributed by atoms with van der Waals surface area (Å²) in [7, 11) is 0. The molecule has 11 heteroatoms. The second-order valence-electron chi connectivity index (χ2n) is 6.87. The summed E-state index contributed by atoms with van der Waals surface area (Å²) in [4.78, 5) is 36.7. The molecule has 0 aliphatic heterocycles. The molecule has 2 N–H and O–H groups in total. The number of nitrogens with one attached hydrogen (secondary N) is 2. The monoisotopic (exact) mass is 549 g/mol. The number of hydrazone groups is 1. The van der Waals surface area contributed by atoms with Crippen molar-refractivity contribution in [3.63, 3.8) is 0 Å². The zero-order chi connectivity index (χ0) is 24.6. The van der Waals surface area contributed by atoms with Crippen LogP contribution < -0.4 is 15.5 Å². The summed E-state index contributed by atoms with van der Waals surface area (Å²) < 4.78 is 6.15. The van der Waals surface area contributed by atoms with E-state index in [-0.39, 0.29) is 10.9 Å². The van der Waals surface area contributed by atoms with Crippen LogP contribution in [0.2, 0.25) is 0 Å². The number of rotatable bonds is 6. The molecule has 1 heterocycles. The van der Waals surface area contributed by atoms with Gasteiger partial charge in [0.2, 0.25) is 5.13 Å². The topological polar surface area (TPSA) is 123 Å². The Bertz CT molecular complexity index is 1390. The van der Waals surface area contributed by atoms with E-state index in [9.17, 15) is 14.4 Å². The van der Waals surface area contributed by atoms with Gasteiger partial charge in [0.1, 0.15) is 10.8 Å². The number of benzene rings is 3. The highest BCUT2D eigenvalue weighted by Crippen LogP contribution is 2.26. The molecule has 0 fully saturated rings. The molecule has 0 aliphatic rings. The number of ether oxygens (including phenoxy) is 1. The van der Waals surface area contributed by atoms with Gasteiger partial charge in [0.05, 0.1) is 11.8 Å². The van der Waals surface area contributed by atoms with E-state index in [0.29, 0.717) is 20.6 Å². The van der Waals surface area contributed by atoms with Crippen molar-refractivity contribution in [1.82, 2.24) is 15.6 Å². The van der Waals surface area contributed by atoms with Gasteiger partial charge in [-0.15, -0.1) is 10.2 Å². The van der Waals surface area contributed by atoms with Crippen LogP contribution in [0.3, 0.4) is 0 Å². The van der Waals surface area contributed by atoms with E-state index in [4.69, 9.17) is 4.74 Å². The van der Waals surface area contributed by atoms with Crippen LogP contribution in [0.15, 0.2) is 88.4 Å². The lowest BCUT2D eigenvalue weighted by Gasteiger charge is -2.08. The zero-order valence-corrected chi connectivity index (χ0v) is 20.2. The summed E-state index contributed by atoms with van der Waals surface area (Å²) in [5, 5.41) is 14.9. The molecule has 4 rings (SSSR count). The molecule has 0 bridgehead atoms. The minimum atomic E-state index is -1.00. The van der Waals surface area contributed by atoms with E-state index in [1.54, 1.807) is 48.5 Å². The number of carbonyl (C=O) groups is 3. The van der Waals surface area contributed by atoms with Crippen molar-refractivity contribution in [3.8, 4) is 16.3 Å². The summed E-state index contributed by atoms with van der Waals surface area (Å²) in [6.07, 6.45) is 1.27. The Balaban J connectivity index is 1.37. The maximum absolute atomic E-state index is 12.4. The third kappa shape index (κ3) is 6.43. The first-order chi connectivity index (χ1) is 17.0. The fourth-order valence-electron chi connectivity index (χ4n) is 2.78. The Labute approximate surface area is 212 Å². The highest BCUT2D eigenvalue weighted by Gasteiger charge is 2.16. The van der Waals surface area contributed by atoms with Gasteiger partial charge in [0, 0.05) is 15.6 Å². The average Bonchev–Trinajstić information content (AvgIpc) is 3.35. The molecule has 0 spiro atoms. The average molecular weight is 550 g/mol. The summed E-state index contributed by atoms with van der Waals surface area (Å²) >= 11 is 4.48. The van der Waals surface area contributed by atoms with E-state index in [0.717, 1.165) is 16.9 Å². The van der Waals surface area contributed by atoms with Crippen molar-refractivity contribution in [3.05, 3.63) is 94.5 Å². The predicted molar refractivity (Wildman–Crippen MR) is 135 cm³/mol. The minimum absolute atomic E-state index is 0.176. The van der Waals surface area contributed by atoms with Crippen LogP contribution in [0.5, 0.6) is 5.75 Å². The van der Waals surface area contributed by atoms with Crippen molar-refractivity contribution in [1.29, 1.82) is 0 Å². The van der Waals surface area contributed by atoms with Gasteiger partial charge in [-0.25, -0.2) is 10.2 Å². The van der Waals surface area contributed by atoms with Crippen LogP contribution >= 0.6 is 27.3 Å². The fourth-order valence-corrected chi connectivity index (χ4v) is 3.91. The highest BCUT2D eigenvalue weighted by molar-refractivity contribution is 9.10. The summed E-state index contributed by atoms with van der Waals surface area (Å²) in [6.45, 7) is 0. The van der Waals surface area contributed by atoms with Crippen LogP contribution in [0.25, 0.3) is 10.6 Å². The molecule has 0 radical (unpaired) electrons. The van der Waals surface area contributed by atoms with Gasteiger partial charge in [0.15, 0.2) is 0 Å². The van der Waals surface area contributed by atoms with E-state index in [2.05, 4.69) is 42.0 Å². The first-order valence-corrected chi connectivity index (χ1v) is 11.7. The zero-order valence-electron chi connectivity index (χ0n) is 17.8. The molecule has 0 aliphatic carbocycles. The molecule has 0 atom stereocenters. The van der Waals surface area contributed by atoms with Crippen LogP contribution in [-0.2, 0) is 9.59 Å². The smallest absolute Gasteiger partial charge is 0.343 e. The van der Waals surface area contributed by atoms with Crippen LogP contribution in [-0.4, -0.2) is 34.2 Å². The second-order valence-corrected chi connectivity index (χ2v) is 8.76. The number of carbonyl (C=O) groups excluding carboxylic acids is 3. The van der Waals surface area contributed by atoms with Gasteiger partial charge in [-0.05, 0) is 30.3 Å². The Morgan fingerprint density at radius 1 is 0.914 bits per heavy atom. The first kappa shape index (κ1) is 23.9. The standard InChI is InChI=1S/C24H16BrN5O4S/c25-18-11-12-19(34-23(33)16-9-5-2-6-10-16)17(13-18)14-26-28-21(32)20(31)27-24-30-29-22(35-24)15-7-3-1-4-8-15/h1-14H,(H,28,32)(H,27,30,31). The molecule has 35 heavy (non-hydrogen) atoms. The molecule has 0 unspecified atom stereocenters. The Morgan fingerprint density at radius 3 is 2.37 bits per heavy atom. The Kier molecular flexibility index (Phi) is 7.70.